The molecule has 0 radical (unpaired) electrons. The molecule has 1 amide bonds. The smallest absolute Gasteiger partial charge is 0.224 e. The number of rotatable bonds is 6. The number of aliphatic hydroxyl groups excluding tert-OH is 1. The number of aliphatic hydroxyl groups is 1. The number of hydrogen-bond donors (Lipinski definition) is 3. The van der Waals surface area contributed by atoms with Crippen LogP contribution in [-0.4, -0.2) is 33.6 Å². The van der Waals surface area contributed by atoms with Crippen LogP contribution in [0.3, 0.4) is 0 Å². The number of H-pyrrole nitrogens is 1. The highest BCUT2D eigenvalue weighted by Gasteiger charge is 2.16. The largest absolute Gasteiger partial charge is 0.396 e. The summed E-state index contributed by atoms with van der Waals surface area (Å²) in [5.74, 6) is 0.276. The Morgan fingerprint density at radius 3 is 3.00 bits per heavy atom. The van der Waals surface area contributed by atoms with Gasteiger partial charge in [-0.3, -0.25) is 4.79 Å². The van der Waals surface area contributed by atoms with E-state index < -0.39 is 0 Å². The predicted molar refractivity (Wildman–Crippen MR) is 78.3 cm³/mol. The maximum atomic E-state index is 12.1. The lowest BCUT2D eigenvalue weighted by Crippen LogP contribution is -2.39. The second kappa shape index (κ2) is 6.52. The van der Waals surface area contributed by atoms with E-state index in [1.165, 1.54) is 0 Å². The van der Waals surface area contributed by atoms with E-state index in [2.05, 4.69) is 15.3 Å². The van der Waals surface area contributed by atoms with Crippen molar-refractivity contribution in [1.29, 1.82) is 0 Å². The van der Waals surface area contributed by atoms with Crippen LogP contribution in [0.4, 0.5) is 0 Å². The fourth-order valence-corrected chi connectivity index (χ4v) is 2.30. The first-order valence-electron chi connectivity index (χ1n) is 6.93. The SMILES string of the molecule is CC(C)C(CCO)NC(=O)Cc1c[nH]c2ncccc12. The van der Waals surface area contributed by atoms with Crippen molar-refractivity contribution in [2.45, 2.75) is 32.7 Å². The van der Waals surface area contributed by atoms with Gasteiger partial charge in [0.05, 0.1) is 6.42 Å². The molecule has 0 spiro atoms. The minimum absolute atomic E-state index is 0.0100. The molecular formula is C15H21N3O2. The monoisotopic (exact) mass is 275 g/mol. The topological polar surface area (TPSA) is 78.0 Å². The van der Waals surface area contributed by atoms with Gasteiger partial charge in [0, 0.05) is 30.4 Å². The van der Waals surface area contributed by atoms with Crippen molar-refractivity contribution in [2.24, 2.45) is 5.92 Å². The number of pyridine rings is 1. The van der Waals surface area contributed by atoms with Crippen molar-refractivity contribution >= 4 is 16.9 Å². The summed E-state index contributed by atoms with van der Waals surface area (Å²) in [6.45, 7) is 4.16. The number of amides is 1. The van der Waals surface area contributed by atoms with Crippen LogP contribution in [0.2, 0.25) is 0 Å². The van der Waals surface area contributed by atoms with Crippen LogP contribution in [0.5, 0.6) is 0 Å². The third kappa shape index (κ3) is 3.36. The van der Waals surface area contributed by atoms with E-state index in [0.717, 1.165) is 16.6 Å². The van der Waals surface area contributed by atoms with E-state index in [9.17, 15) is 4.79 Å². The second-order valence-corrected chi connectivity index (χ2v) is 5.32. The van der Waals surface area contributed by atoms with Gasteiger partial charge in [0.1, 0.15) is 5.65 Å². The Hall–Kier alpha value is -1.88. The molecule has 3 N–H and O–H groups in total. The van der Waals surface area contributed by atoms with Gasteiger partial charge in [0.25, 0.3) is 0 Å². The molecule has 0 aromatic carbocycles. The molecule has 0 aliphatic heterocycles. The molecule has 0 aliphatic rings. The number of nitrogens with one attached hydrogen (secondary N) is 2. The van der Waals surface area contributed by atoms with E-state index in [-0.39, 0.29) is 18.6 Å². The lowest BCUT2D eigenvalue weighted by molar-refractivity contribution is -0.121. The zero-order valence-electron chi connectivity index (χ0n) is 11.9. The second-order valence-electron chi connectivity index (χ2n) is 5.32. The normalized spacial score (nSPS) is 12.8. The molecule has 1 unspecified atom stereocenters. The number of aromatic amines is 1. The predicted octanol–water partition coefficient (Wildman–Crippen LogP) is 1.63. The molecule has 5 nitrogen and oxygen atoms in total. The molecule has 0 aliphatic carbocycles. The highest BCUT2D eigenvalue weighted by molar-refractivity contribution is 5.87. The first-order valence-corrected chi connectivity index (χ1v) is 6.93. The molecule has 0 saturated heterocycles. The number of carbonyl (C=O) groups is 1. The quantitative estimate of drug-likeness (QED) is 0.749. The van der Waals surface area contributed by atoms with Crippen molar-refractivity contribution in [2.75, 3.05) is 6.61 Å². The molecule has 0 fully saturated rings. The van der Waals surface area contributed by atoms with Gasteiger partial charge in [-0.2, -0.15) is 0 Å². The standard InChI is InChI=1S/C15H21N3O2/c1-10(2)13(5-7-19)18-14(20)8-11-9-17-15-12(11)4-3-6-16-15/h3-4,6,9-10,13,19H,5,7-8H2,1-2H3,(H,16,17)(H,18,20). The van der Waals surface area contributed by atoms with Gasteiger partial charge in [-0.05, 0) is 30.0 Å². The Labute approximate surface area is 118 Å². The van der Waals surface area contributed by atoms with Crippen LogP contribution in [0.25, 0.3) is 11.0 Å². The third-order valence-electron chi connectivity index (χ3n) is 3.48. The number of hydrogen-bond acceptors (Lipinski definition) is 3. The van der Waals surface area contributed by atoms with E-state index in [4.69, 9.17) is 5.11 Å². The van der Waals surface area contributed by atoms with Gasteiger partial charge in [-0.1, -0.05) is 13.8 Å². The van der Waals surface area contributed by atoms with Crippen molar-refractivity contribution in [3.63, 3.8) is 0 Å². The van der Waals surface area contributed by atoms with E-state index in [1.807, 2.05) is 32.2 Å². The minimum atomic E-state index is -0.0260. The third-order valence-corrected chi connectivity index (χ3v) is 3.48. The number of fused-ring (bicyclic) bond motifs is 1. The molecule has 2 aromatic rings. The summed E-state index contributed by atoms with van der Waals surface area (Å²) in [5, 5.41) is 13.0. The fraction of sp³-hybridized carbons (Fsp3) is 0.467. The lowest BCUT2D eigenvalue weighted by Gasteiger charge is -2.21. The van der Waals surface area contributed by atoms with Gasteiger partial charge < -0.3 is 15.4 Å². The fourth-order valence-electron chi connectivity index (χ4n) is 2.30. The van der Waals surface area contributed by atoms with Crippen LogP contribution in [0.1, 0.15) is 25.8 Å². The summed E-state index contributed by atoms with van der Waals surface area (Å²) in [6, 6.07) is 3.82. The van der Waals surface area contributed by atoms with Crippen LogP contribution >= 0.6 is 0 Å². The number of nitrogens with zero attached hydrogens (tertiary/aromatic N) is 1. The van der Waals surface area contributed by atoms with Crippen molar-refractivity contribution < 1.29 is 9.90 Å². The van der Waals surface area contributed by atoms with Gasteiger partial charge >= 0.3 is 0 Å². The molecule has 1 atom stereocenters. The number of aromatic nitrogens is 2. The first kappa shape index (κ1) is 14.5. The summed E-state index contributed by atoms with van der Waals surface area (Å²) < 4.78 is 0. The average molecular weight is 275 g/mol. The van der Waals surface area contributed by atoms with Crippen molar-refractivity contribution in [1.82, 2.24) is 15.3 Å². The summed E-state index contributed by atoms with van der Waals surface area (Å²) >= 11 is 0. The van der Waals surface area contributed by atoms with Crippen LogP contribution < -0.4 is 5.32 Å². The Balaban J connectivity index is 2.04. The van der Waals surface area contributed by atoms with Gasteiger partial charge in [0.15, 0.2) is 0 Å². The maximum absolute atomic E-state index is 12.1. The molecule has 2 rings (SSSR count). The molecule has 108 valence electrons. The van der Waals surface area contributed by atoms with Gasteiger partial charge in [0.2, 0.25) is 5.91 Å². The zero-order chi connectivity index (χ0) is 14.5. The molecule has 0 saturated carbocycles. The van der Waals surface area contributed by atoms with Crippen molar-refractivity contribution in [3.05, 3.63) is 30.1 Å². The van der Waals surface area contributed by atoms with E-state index in [1.54, 1.807) is 6.20 Å². The van der Waals surface area contributed by atoms with Crippen molar-refractivity contribution in [3.8, 4) is 0 Å². The van der Waals surface area contributed by atoms with Crippen LogP contribution in [-0.2, 0) is 11.2 Å². The summed E-state index contributed by atoms with van der Waals surface area (Å²) in [4.78, 5) is 19.4. The lowest BCUT2D eigenvalue weighted by atomic mass is 10.0. The Bertz CT molecular complexity index is 577. The van der Waals surface area contributed by atoms with Crippen LogP contribution in [0, 0.1) is 5.92 Å². The average Bonchev–Trinajstić information content (AvgIpc) is 2.81. The molecule has 5 heteroatoms. The molecule has 0 bridgehead atoms. The van der Waals surface area contributed by atoms with E-state index in [0.29, 0.717) is 18.8 Å². The molecule has 2 aromatic heterocycles. The number of carbonyl (C=O) groups excluding carboxylic acids is 1. The first-order chi connectivity index (χ1) is 9.61. The highest BCUT2D eigenvalue weighted by Crippen LogP contribution is 2.16. The van der Waals surface area contributed by atoms with Gasteiger partial charge in [-0.25, -0.2) is 4.98 Å². The molecule has 2 heterocycles. The molecule has 20 heavy (non-hydrogen) atoms. The molecular weight excluding hydrogens is 254 g/mol. The summed E-state index contributed by atoms with van der Waals surface area (Å²) in [7, 11) is 0. The Morgan fingerprint density at radius 1 is 1.50 bits per heavy atom. The van der Waals surface area contributed by atoms with Crippen LogP contribution in [0.15, 0.2) is 24.5 Å². The van der Waals surface area contributed by atoms with E-state index >= 15 is 0 Å². The Kier molecular flexibility index (Phi) is 4.74. The zero-order valence-corrected chi connectivity index (χ0v) is 11.9. The highest BCUT2D eigenvalue weighted by atomic mass is 16.3. The minimum Gasteiger partial charge on any atom is -0.396 e. The maximum Gasteiger partial charge on any atom is 0.224 e. The summed E-state index contributed by atoms with van der Waals surface area (Å²) in [5.41, 5.74) is 1.74. The van der Waals surface area contributed by atoms with Gasteiger partial charge in [-0.15, -0.1) is 0 Å². The Morgan fingerprint density at radius 2 is 2.30 bits per heavy atom. The summed E-state index contributed by atoms with van der Waals surface area (Å²) in [6.07, 6.45) is 4.45.